The molecule has 1 N–H and O–H groups in total. The molecule has 1 aromatic carbocycles. The average Bonchev–Trinajstić information content (AvgIpc) is 2.77. The third-order valence-electron chi connectivity index (χ3n) is 3.16. The third-order valence-corrected chi connectivity index (χ3v) is 3.16. The zero-order valence-electron chi connectivity index (χ0n) is 11.0. The van der Waals surface area contributed by atoms with E-state index in [-0.39, 0.29) is 11.9 Å². The molecule has 0 saturated heterocycles. The van der Waals surface area contributed by atoms with E-state index >= 15 is 0 Å². The Morgan fingerprint density at radius 3 is 2.63 bits per heavy atom. The van der Waals surface area contributed by atoms with Crippen LogP contribution in [0.4, 0.5) is 4.39 Å². The number of hydrogen-bond donors (Lipinski definition) is 1. The predicted molar refractivity (Wildman–Crippen MR) is 71.8 cm³/mol. The molecular formula is C15H16FN3. The van der Waals surface area contributed by atoms with Gasteiger partial charge < -0.3 is 9.88 Å². The molecule has 0 amide bonds. The molecule has 0 fully saturated rings. The van der Waals surface area contributed by atoms with E-state index in [1.165, 1.54) is 12.1 Å². The van der Waals surface area contributed by atoms with Gasteiger partial charge in [-0.1, -0.05) is 12.1 Å². The molecule has 0 spiro atoms. The summed E-state index contributed by atoms with van der Waals surface area (Å²) in [4.78, 5) is 0. The van der Waals surface area contributed by atoms with Gasteiger partial charge in [0.2, 0.25) is 0 Å². The van der Waals surface area contributed by atoms with Crippen molar-refractivity contribution < 1.29 is 4.39 Å². The summed E-state index contributed by atoms with van der Waals surface area (Å²) in [5.41, 5.74) is 2.75. The highest BCUT2D eigenvalue weighted by molar-refractivity contribution is 5.28. The fraction of sp³-hybridized carbons (Fsp3) is 0.267. The van der Waals surface area contributed by atoms with Crippen LogP contribution in [0.15, 0.2) is 36.5 Å². The smallest absolute Gasteiger partial charge is 0.123 e. The predicted octanol–water partition coefficient (Wildman–Crippen LogP) is 2.89. The van der Waals surface area contributed by atoms with Crippen LogP contribution in [-0.4, -0.2) is 4.57 Å². The van der Waals surface area contributed by atoms with Gasteiger partial charge in [0.25, 0.3) is 0 Å². The number of nitriles is 1. The fourth-order valence-corrected chi connectivity index (χ4v) is 1.98. The Hall–Kier alpha value is -2.12. The Morgan fingerprint density at radius 2 is 2.05 bits per heavy atom. The first kappa shape index (κ1) is 13.3. The van der Waals surface area contributed by atoms with Crippen LogP contribution in [0.2, 0.25) is 0 Å². The molecule has 19 heavy (non-hydrogen) atoms. The van der Waals surface area contributed by atoms with Gasteiger partial charge >= 0.3 is 0 Å². The number of rotatable bonds is 4. The summed E-state index contributed by atoms with van der Waals surface area (Å²) in [5.74, 6) is -0.224. The number of aromatic nitrogens is 1. The lowest BCUT2D eigenvalue weighted by Crippen LogP contribution is -2.17. The summed E-state index contributed by atoms with van der Waals surface area (Å²) in [6.45, 7) is 2.70. The van der Waals surface area contributed by atoms with E-state index in [0.29, 0.717) is 12.2 Å². The van der Waals surface area contributed by atoms with Gasteiger partial charge in [0.15, 0.2) is 0 Å². The van der Waals surface area contributed by atoms with Gasteiger partial charge in [0, 0.05) is 25.8 Å². The van der Waals surface area contributed by atoms with Crippen LogP contribution in [0.25, 0.3) is 0 Å². The van der Waals surface area contributed by atoms with Crippen LogP contribution in [-0.2, 0) is 13.6 Å². The van der Waals surface area contributed by atoms with E-state index in [4.69, 9.17) is 5.26 Å². The minimum Gasteiger partial charge on any atom is -0.342 e. The topological polar surface area (TPSA) is 40.8 Å². The standard InChI is InChI=1S/C15H16FN3/c1-11(13-3-5-14(16)6-4-13)18-9-12-7-15(8-17)19(2)10-12/h3-7,10-11,18H,9H2,1-2H3/t11-/m0/s1. The number of benzene rings is 1. The minimum atomic E-state index is -0.224. The van der Waals surface area contributed by atoms with E-state index in [0.717, 1.165) is 11.1 Å². The zero-order chi connectivity index (χ0) is 13.8. The van der Waals surface area contributed by atoms with Gasteiger partial charge in [-0.15, -0.1) is 0 Å². The fourth-order valence-electron chi connectivity index (χ4n) is 1.98. The Bertz CT molecular complexity index is 593. The van der Waals surface area contributed by atoms with Crippen molar-refractivity contribution in [1.29, 1.82) is 5.26 Å². The normalized spacial score (nSPS) is 12.1. The molecule has 1 heterocycles. The maximum absolute atomic E-state index is 12.8. The zero-order valence-corrected chi connectivity index (χ0v) is 11.0. The Labute approximate surface area is 112 Å². The summed E-state index contributed by atoms with van der Waals surface area (Å²) < 4.78 is 14.6. The molecule has 0 unspecified atom stereocenters. The lowest BCUT2D eigenvalue weighted by Gasteiger charge is -2.13. The summed E-state index contributed by atoms with van der Waals surface area (Å²) in [7, 11) is 1.85. The van der Waals surface area contributed by atoms with Crippen molar-refractivity contribution >= 4 is 0 Å². The Morgan fingerprint density at radius 1 is 1.37 bits per heavy atom. The first-order chi connectivity index (χ1) is 9.10. The number of nitrogens with zero attached hydrogens (tertiary/aromatic N) is 2. The van der Waals surface area contributed by atoms with Gasteiger partial charge in [0.1, 0.15) is 17.6 Å². The van der Waals surface area contributed by atoms with E-state index < -0.39 is 0 Å². The number of hydrogen-bond acceptors (Lipinski definition) is 2. The van der Waals surface area contributed by atoms with Crippen LogP contribution in [0.1, 0.15) is 29.8 Å². The van der Waals surface area contributed by atoms with Crippen LogP contribution in [0, 0.1) is 17.1 Å². The lowest BCUT2D eigenvalue weighted by molar-refractivity contribution is 0.571. The highest BCUT2D eigenvalue weighted by atomic mass is 19.1. The van der Waals surface area contributed by atoms with Crippen LogP contribution < -0.4 is 5.32 Å². The van der Waals surface area contributed by atoms with E-state index in [1.807, 2.05) is 26.2 Å². The molecule has 2 aromatic rings. The molecule has 1 aromatic heterocycles. The molecular weight excluding hydrogens is 241 g/mol. The third kappa shape index (κ3) is 3.21. The van der Waals surface area contributed by atoms with E-state index in [9.17, 15) is 4.39 Å². The van der Waals surface area contributed by atoms with Crippen molar-refractivity contribution in [3.8, 4) is 6.07 Å². The Balaban J connectivity index is 1.98. The number of aryl methyl sites for hydroxylation is 1. The highest BCUT2D eigenvalue weighted by Gasteiger charge is 2.07. The molecule has 2 rings (SSSR count). The van der Waals surface area contributed by atoms with E-state index in [1.54, 1.807) is 16.7 Å². The first-order valence-corrected chi connectivity index (χ1v) is 6.14. The van der Waals surface area contributed by atoms with Crippen LogP contribution >= 0.6 is 0 Å². The second-order valence-electron chi connectivity index (χ2n) is 4.61. The lowest BCUT2D eigenvalue weighted by atomic mass is 10.1. The number of halogens is 1. The van der Waals surface area contributed by atoms with Gasteiger partial charge in [-0.2, -0.15) is 5.26 Å². The molecule has 0 aliphatic carbocycles. The summed E-state index contributed by atoms with van der Waals surface area (Å²) in [5, 5.41) is 12.2. The maximum atomic E-state index is 12.8. The average molecular weight is 257 g/mol. The molecule has 98 valence electrons. The highest BCUT2D eigenvalue weighted by Crippen LogP contribution is 2.14. The van der Waals surface area contributed by atoms with Crippen molar-refractivity contribution in [3.05, 3.63) is 59.2 Å². The molecule has 1 atom stereocenters. The molecule has 0 aliphatic rings. The second-order valence-corrected chi connectivity index (χ2v) is 4.61. The molecule has 0 aliphatic heterocycles. The minimum absolute atomic E-state index is 0.131. The molecule has 0 radical (unpaired) electrons. The first-order valence-electron chi connectivity index (χ1n) is 6.14. The van der Waals surface area contributed by atoms with Crippen LogP contribution in [0.3, 0.4) is 0 Å². The maximum Gasteiger partial charge on any atom is 0.123 e. The second kappa shape index (κ2) is 5.68. The van der Waals surface area contributed by atoms with Gasteiger partial charge in [-0.3, -0.25) is 0 Å². The van der Waals surface area contributed by atoms with Gasteiger partial charge in [-0.05, 0) is 36.2 Å². The van der Waals surface area contributed by atoms with E-state index in [2.05, 4.69) is 11.4 Å². The van der Waals surface area contributed by atoms with Crippen molar-refractivity contribution in [2.24, 2.45) is 7.05 Å². The van der Waals surface area contributed by atoms with Crippen LogP contribution in [0.5, 0.6) is 0 Å². The van der Waals surface area contributed by atoms with Gasteiger partial charge in [0.05, 0.1) is 0 Å². The summed E-state index contributed by atoms with van der Waals surface area (Å²) >= 11 is 0. The Kier molecular flexibility index (Phi) is 3.98. The van der Waals surface area contributed by atoms with Crippen molar-refractivity contribution in [3.63, 3.8) is 0 Å². The quantitative estimate of drug-likeness (QED) is 0.915. The molecule has 4 heteroatoms. The number of nitrogens with one attached hydrogen (secondary N) is 1. The van der Waals surface area contributed by atoms with Crippen molar-refractivity contribution in [2.75, 3.05) is 0 Å². The SMILES string of the molecule is C[C@H](NCc1cc(C#N)n(C)c1)c1ccc(F)cc1. The van der Waals surface area contributed by atoms with Crippen molar-refractivity contribution in [2.45, 2.75) is 19.5 Å². The molecule has 0 bridgehead atoms. The monoisotopic (exact) mass is 257 g/mol. The largest absolute Gasteiger partial charge is 0.342 e. The summed E-state index contributed by atoms with van der Waals surface area (Å²) in [6, 6.07) is 10.6. The molecule has 0 saturated carbocycles. The summed E-state index contributed by atoms with van der Waals surface area (Å²) in [6.07, 6.45) is 1.93. The van der Waals surface area contributed by atoms with Crippen molar-refractivity contribution in [1.82, 2.24) is 9.88 Å². The molecule has 3 nitrogen and oxygen atoms in total. The van der Waals surface area contributed by atoms with Gasteiger partial charge in [-0.25, -0.2) is 4.39 Å².